The Morgan fingerprint density at radius 1 is 0.905 bits per heavy atom. The summed E-state index contributed by atoms with van der Waals surface area (Å²) in [6, 6.07) is 10.6. The van der Waals surface area contributed by atoms with E-state index in [9.17, 15) is 0 Å². The van der Waals surface area contributed by atoms with E-state index >= 15 is 0 Å². The first kappa shape index (κ1) is 15.8. The lowest BCUT2D eigenvalue weighted by Gasteiger charge is -2.08. The molecule has 2 rings (SSSR count). The lowest BCUT2D eigenvalue weighted by Crippen LogP contribution is -2.04. The fraction of sp³-hybridized carbons (Fsp3) is 0.526. The maximum atomic E-state index is 4.52. The van der Waals surface area contributed by atoms with Crippen LogP contribution >= 0.6 is 0 Å². The molecule has 1 heterocycles. The largest absolute Gasteiger partial charge is 0.331 e. The average Bonchev–Trinajstić information content (AvgIpc) is 2.95. The first-order valence-corrected chi connectivity index (χ1v) is 8.44. The van der Waals surface area contributed by atoms with Crippen LogP contribution in [0.25, 0.3) is 0 Å². The van der Waals surface area contributed by atoms with Gasteiger partial charge in [-0.3, -0.25) is 0 Å². The number of hydrogen-bond acceptors (Lipinski definition) is 1. The quantitative estimate of drug-likeness (QED) is 0.547. The van der Waals surface area contributed by atoms with Crippen molar-refractivity contribution < 1.29 is 0 Å². The third kappa shape index (κ3) is 5.74. The molecule has 0 saturated carbocycles. The summed E-state index contributed by atoms with van der Waals surface area (Å²) in [5.74, 6) is 1.23. The van der Waals surface area contributed by atoms with Gasteiger partial charge in [0.05, 0.1) is 0 Å². The third-order valence-corrected chi connectivity index (χ3v) is 4.00. The summed E-state index contributed by atoms with van der Waals surface area (Å²) >= 11 is 0. The standard InChI is InChI=1S/C19H28N2/c1-2-3-4-5-6-7-11-14-19-20-15-16-21(19)17-18-12-9-8-10-13-18/h8-10,12-13,15-16H,2-7,11,14,17H2,1H3. The van der Waals surface area contributed by atoms with Gasteiger partial charge in [0.1, 0.15) is 5.82 Å². The Bertz CT molecular complexity index is 487. The highest BCUT2D eigenvalue weighted by molar-refractivity contribution is 5.15. The molecule has 0 aliphatic heterocycles. The molecule has 0 aliphatic rings. The predicted molar refractivity (Wildman–Crippen MR) is 89.5 cm³/mol. The average molecular weight is 284 g/mol. The molecular formula is C19H28N2. The highest BCUT2D eigenvalue weighted by Gasteiger charge is 2.03. The molecule has 2 heteroatoms. The Labute approximate surface area is 129 Å². The van der Waals surface area contributed by atoms with Crippen LogP contribution in [0.4, 0.5) is 0 Å². The van der Waals surface area contributed by atoms with E-state index < -0.39 is 0 Å². The van der Waals surface area contributed by atoms with Crippen molar-refractivity contribution in [2.75, 3.05) is 0 Å². The molecule has 21 heavy (non-hydrogen) atoms. The number of imidazole rings is 1. The number of unbranched alkanes of at least 4 members (excludes halogenated alkanes) is 6. The molecule has 0 atom stereocenters. The van der Waals surface area contributed by atoms with Crippen molar-refractivity contribution in [1.29, 1.82) is 0 Å². The topological polar surface area (TPSA) is 17.8 Å². The zero-order valence-electron chi connectivity index (χ0n) is 13.3. The molecule has 114 valence electrons. The van der Waals surface area contributed by atoms with E-state index in [1.807, 2.05) is 6.20 Å². The maximum Gasteiger partial charge on any atom is 0.108 e. The summed E-state index contributed by atoms with van der Waals surface area (Å²) in [6.07, 6.45) is 14.6. The summed E-state index contributed by atoms with van der Waals surface area (Å²) < 4.78 is 2.28. The number of nitrogens with zero attached hydrogens (tertiary/aromatic N) is 2. The number of aryl methyl sites for hydroxylation is 1. The second-order valence-electron chi connectivity index (χ2n) is 5.83. The van der Waals surface area contributed by atoms with Gasteiger partial charge in [-0.05, 0) is 12.0 Å². The van der Waals surface area contributed by atoms with E-state index in [4.69, 9.17) is 0 Å². The van der Waals surface area contributed by atoms with Gasteiger partial charge in [0.25, 0.3) is 0 Å². The zero-order valence-corrected chi connectivity index (χ0v) is 13.3. The highest BCUT2D eigenvalue weighted by Crippen LogP contribution is 2.11. The van der Waals surface area contributed by atoms with Crippen LogP contribution in [0, 0.1) is 0 Å². The highest BCUT2D eigenvalue weighted by atomic mass is 15.1. The van der Waals surface area contributed by atoms with Gasteiger partial charge in [0, 0.05) is 25.4 Å². The minimum atomic E-state index is 0.937. The predicted octanol–water partition coefficient (Wildman–Crippen LogP) is 5.22. The van der Waals surface area contributed by atoms with E-state index in [2.05, 4.69) is 53.0 Å². The maximum absolute atomic E-state index is 4.52. The van der Waals surface area contributed by atoms with Gasteiger partial charge in [-0.1, -0.05) is 75.8 Å². The number of hydrogen-bond donors (Lipinski definition) is 0. The second kappa shape index (κ2) is 9.38. The van der Waals surface area contributed by atoms with E-state index in [-0.39, 0.29) is 0 Å². The first-order chi connectivity index (χ1) is 10.4. The molecule has 0 unspecified atom stereocenters. The number of aromatic nitrogens is 2. The van der Waals surface area contributed by atoms with Gasteiger partial charge in [-0.15, -0.1) is 0 Å². The molecule has 1 aromatic heterocycles. The van der Waals surface area contributed by atoms with Crippen molar-refractivity contribution in [1.82, 2.24) is 9.55 Å². The SMILES string of the molecule is CCCCCCCCCc1nccn1Cc1ccccc1. The number of benzene rings is 1. The molecule has 0 amide bonds. The van der Waals surface area contributed by atoms with E-state index in [1.165, 1.54) is 56.3 Å². The van der Waals surface area contributed by atoms with Crippen molar-refractivity contribution >= 4 is 0 Å². The molecule has 2 aromatic rings. The summed E-state index contributed by atoms with van der Waals surface area (Å²) in [5.41, 5.74) is 1.34. The first-order valence-electron chi connectivity index (χ1n) is 8.44. The monoisotopic (exact) mass is 284 g/mol. The lowest BCUT2D eigenvalue weighted by atomic mass is 10.1. The van der Waals surface area contributed by atoms with Crippen molar-refractivity contribution in [3.63, 3.8) is 0 Å². The van der Waals surface area contributed by atoms with Gasteiger partial charge in [-0.25, -0.2) is 4.98 Å². The van der Waals surface area contributed by atoms with Crippen LogP contribution in [0.2, 0.25) is 0 Å². The Balaban J connectivity index is 1.71. The third-order valence-electron chi connectivity index (χ3n) is 4.00. The van der Waals surface area contributed by atoms with Crippen LogP contribution in [0.5, 0.6) is 0 Å². The van der Waals surface area contributed by atoms with Crippen molar-refractivity contribution in [3.8, 4) is 0 Å². The van der Waals surface area contributed by atoms with Crippen LogP contribution in [0.15, 0.2) is 42.7 Å². The summed E-state index contributed by atoms with van der Waals surface area (Å²) in [6.45, 7) is 3.21. The van der Waals surface area contributed by atoms with Crippen LogP contribution in [0.1, 0.15) is 63.3 Å². The number of rotatable bonds is 10. The Morgan fingerprint density at radius 3 is 2.38 bits per heavy atom. The molecule has 0 radical (unpaired) electrons. The molecule has 0 saturated heterocycles. The van der Waals surface area contributed by atoms with Crippen LogP contribution in [-0.4, -0.2) is 9.55 Å². The van der Waals surface area contributed by atoms with Gasteiger partial charge in [0.2, 0.25) is 0 Å². The Hall–Kier alpha value is -1.57. The fourth-order valence-electron chi connectivity index (χ4n) is 2.73. The van der Waals surface area contributed by atoms with Crippen molar-refractivity contribution in [3.05, 3.63) is 54.1 Å². The van der Waals surface area contributed by atoms with E-state index in [0.717, 1.165) is 13.0 Å². The minimum Gasteiger partial charge on any atom is -0.331 e. The van der Waals surface area contributed by atoms with Gasteiger partial charge >= 0.3 is 0 Å². The molecule has 2 nitrogen and oxygen atoms in total. The van der Waals surface area contributed by atoms with Crippen molar-refractivity contribution in [2.45, 2.75) is 64.8 Å². The fourth-order valence-corrected chi connectivity index (χ4v) is 2.73. The molecule has 0 aliphatic carbocycles. The molecule has 0 bridgehead atoms. The molecule has 0 N–H and O–H groups in total. The Kier molecular flexibility index (Phi) is 7.06. The summed E-state index contributed by atoms with van der Waals surface area (Å²) in [7, 11) is 0. The molecule has 0 fully saturated rings. The van der Waals surface area contributed by atoms with Crippen LogP contribution < -0.4 is 0 Å². The molecular weight excluding hydrogens is 256 g/mol. The van der Waals surface area contributed by atoms with Crippen molar-refractivity contribution in [2.24, 2.45) is 0 Å². The summed E-state index contributed by atoms with van der Waals surface area (Å²) in [5, 5.41) is 0. The smallest absolute Gasteiger partial charge is 0.108 e. The zero-order chi connectivity index (χ0) is 14.8. The molecule has 0 spiro atoms. The van der Waals surface area contributed by atoms with Gasteiger partial charge in [0.15, 0.2) is 0 Å². The Morgan fingerprint density at radius 2 is 1.62 bits per heavy atom. The lowest BCUT2D eigenvalue weighted by molar-refractivity contribution is 0.577. The molecule has 1 aromatic carbocycles. The van der Waals surface area contributed by atoms with Crippen LogP contribution in [-0.2, 0) is 13.0 Å². The van der Waals surface area contributed by atoms with Crippen LogP contribution in [0.3, 0.4) is 0 Å². The van der Waals surface area contributed by atoms with Gasteiger partial charge < -0.3 is 4.57 Å². The van der Waals surface area contributed by atoms with E-state index in [1.54, 1.807) is 0 Å². The minimum absolute atomic E-state index is 0.937. The summed E-state index contributed by atoms with van der Waals surface area (Å²) in [4.78, 5) is 4.52. The van der Waals surface area contributed by atoms with Gasteiger partial charge in [-0.2, -0.15) is 0 Å². The second-order valence-corrected chi connectivity index (χ2v) is 5.83. The normalized spacial score (nSPS) is 10.9. The van der Waals surface area contributed by atoms with E-state index in [0.29, 0.717) is 0 Å².